The first-order chi connectivity index (χ1) is 10.2. The van der Waals surface area contributed by atoms with Gasteiger partial charge in [-0.3, -0.25) is 0 Å². The number of anilines is 3. The Morgan fingerprint density at radius 2 is 1.57 bits per heavy atom. The molecule has 0 aliphatic carbocycles. The van der Waals surface area contributed by atoms with Crippen molar-refractivity contribution in [2.24, 2.45) is 0 Å². The molecule has 2 N–H and O–H groups in total. The van der Waals surface area contributed by atoms with E-state index in [-0.39, 0.29) is 5.82 Å². The number of benzene rings is 2. The van der Waals surface area contributed by atoms with Crippen molar-refractivity contribution < 1.29 is 4.39 Å². The fraction of sp³-hybridized carbons (Fsp3) is 0.250. The van der Waals surface area contributed by atoms with E-state index in [0.717, 1.165) is 31.9 Å². The molecule has 3 nitrogen and oxygen atoms in total. The lowest BCUT2D eigenvalue weighted by Gasteiger charge is -2.38. The number of halogens is 2. The summed E-state index contributed by atoms with van der Waals surface area (Å²) >= 11 is 6.25. The topological polar surface area (TPSA) is 32.5 Å². The highest BCUT2D eigenvalue weighted by Crippen LogP contribution is 2.33. The molecule has 1 fully saturated rings. The summed E-state index contributed by atoms with van der Waals surface area (Å²) in [4.78, 5) is 4.22. The van der Waals surface area contributed by atoms with Crippen molar-refractivity contribution in [2.45, 2.75) is 0 Å². The van der Waals surface area contributed by atoms with E-state index in [0.29, 0.717) is 16.4 Å². The Morgan fingerprint density at radius 3 is 2.24 bits per heavy atom. The number of nitrogens with two attached hydrogens (primary N) is 1. The van der Waals surface area contributed by atoms with E-state index in [4.69, 9.17) is 17.3 Å². The third-order valence-corrected chi connectivity index (χ3v) is 4.11. The molecule has 2 aromatic carbocycles. The molecule has 1 heterocycles. The lowest BCUT2D eigenvalue weighted by atomic mass is 10.2. The minimum atomic E-state index is -0.178. The number of para-hydroxylation sites is 2. The summed E-state index contributed by atoms with van der Waals surface area (Å²) in [5, 5.41) is 0.661. The van der Waals surface area contributed by atoms with Gasteiger partial charge in [0.1, 0.15) is 5.82 Å². The molecule has 0 amide bonds. The van der Waals surface area contributed by atoms with Gasteiger partial charge in [0.05, 0.1) is 22.1 Å². The van der Waals surface area contributed by atoms with E-state index in [2.05, 4.69) is 9.80 Å². The molecule has 0 radical (unpaired) electrons. The number of hydrogen-bond donors (Lipinski definition) is 1. The van der Waals surface area contributed by atoms with Gasteiger partial charge < -0.3 is 15.5 Å². The fourth-order valence-electron chi connectivity index (χ4n) is 2.74. The zero-order valence-electron chi connectivity index (χ0n) is 11.6. The van der Waals surface area contributed by atoms with Gasteiger partial charge in [0.2, 0.25) is 0 Å². The molecule has 0 unspecified atom stereocenters. The van der Waals surface area contributed by atoms with Gasteiger partial charge in [-0.25, -0.2) is 4.39 Å². The first-order valence-corrected chi connectivity index (χ1v) is 7.33. The summed E-state index contributed by atoms with van der Waals surface area (Å²) in [6.45, 7) is 3.02. The van der Waals surface area contributed by atoms with Crippen LogP contribution in [0.4, 0.5) is 21.5 Å². The monoisotopic (exact) mass is 305 g/mol. The number of nitrogens with zero attached hydrogens (tertiary/aromatic N) is 2. The zero-order chi connectivity index (χ0) is 14.8. The summed E-state index contributed by atoms with van der Waals surface area (Å²) in [6.07, 6.45) is 0. The van der Waals surface area contributed by atoms with Crippen LogP contribution in [0.2, 0.25) is 5.02 Å². The average Bonchev–Trinajstić information content (AvgIpc) is 2.48. The van der Waals surface area contributed by atoms with Crippen LogP contribution in [0.5, 0.6) is 0 Å². The molecule has 0 bridgehead atoms. The standard InChI is InChI=1S/C16H17ClFN3/c17-12-4-3-6-14(19)16(12)21-10-8-20(9-11-21)15-7-2-1-5-13(15)18/h1-7H,8-11,19H2. The third-order valence-electron chi connectivity index (χ3n) is 3.81. The Labute approximate surface area is 128 Å². The van der Waals surface area contributed by atoms with Crippen LogP contribution in [0.3, 0.4) is 0 Å². The molecule has 0 atom stereocenters. The molecule has 3 rings (SSSR count). The number of piperazine rings is 1. The van der Waals surface area contributed by atoms with Crippen LogP contribution in [0.15, 0.2) is 42.5 Å². The Bertz CT molecular complexity index is 619. The highest BCUT2D eigenvalue weighted by atomic mass is 35.5. The van der Waals surface area contributed by atoms with Gasteiger partial charge in [-0.1, -0.05) is 29.8 Å². The van der Waals surface area contributed by atoms with Crippen molar-refractivity contribution in [1.29, 1.82) is 0 Å². The molecule has 0 saturated carbocycles. The van der Waals surface area contributed by atoms with Crippen LogP contribution < -0.4 is 15.5 Å². The van der Waals surface area contributed by atoms with E-state index in [1.165, 1.54) is 6.07 Å². The molecule has 0 spiro atoms. The molecule has 5 heteroatoms. The van der Waals surface area contributed by atoms with E-state index in [9.17, 15) is 4.39 Å². The maximum Gasteiger partial charge on any atom is 0.146 e. The van der Waals surface area contributed by atoms with Crippen LogP contribution in [-0.4, -0.2) is 26.2 Å². The van der Waals surface area contributed by atoms with Crippen LogP contribution in [0, 0.1) is 5.82 Å². The van der Waals surface area contributed by atoms with Gasteiger partial charge >= 0.3 is 0 Å². The summed E-state index contributed by atoms with van der Waals surface area (Å²) in [5.74, 6) is -0.178. The zero-order valence-corrected chi connectivity index (χ0v) is 12.4. The second-order valence-electron chi connectivity index (χ2n) is 5.10. The van der Waals surface area contributed by atoms with Crippen LogP contribution in [0.25, 0.3) is 0 Å². The maximum atomic E-state index is 13.8. The van der Waals surface area contributed by atoms with Gasteiger partial charge in [0.15, 0.2) is 0 Å². The van der Waals surface area contributed by atoms with E-state index in [1.54, 1.807) is 6.07 Å². The van der Waals surface area contributed by atoms with Gasteiger partial charge in [0.25, 0.3) is 0 Å². The fourth-order valence-corrected chi connectivity index (χ4v) is 3.05. The number of rotatable bonds is 2. The quantitative estimate of drug-likeness (QED) is 0.863. The molecule has 21 heavy (non-hydrogen) atoms. The SMILES string of the molecule is Nc1cccc(Cl)c1N1CCN(c2ccccc2F)CC1. The Hall–Kier alpha value is -1.94. The van der Waals surface area contributed by atoms with Crippen LogP contribution >= 0.6 is 11.6 Å². The molecule has 0 aromatic heterocycles. The minimum absolute atomic E-state index is 0.178. The van der Waals surface area contributed by atoms with Crippen LogP contribution in [-0.2, 0) is 0 Å². The van der Waals surface area contributed by atoms with Gasteiger partial charge in [-0.15, -0.1) is 0 Å². The molecule has 1 aliphatic heterocycles. The predicted octanol–water partition coefficient (Wildman–Crippen LogP) is 3.39. The molecular weight excluding hydrogens is 289 g/mol. The van der Waals surface area contributed by atoms with Gasteiger partial charge in [0, 0.05) is 26.2 Å². The predicted molar refractivity (Wildman–Crippen MR) is 86.7 cm³/mol. The third kappa shape index (κ3) is 2.76. The van der Waals surface area contributed by atoms with Crippen LogP contribution in [0.1, 0.15) is 0 Å². The van der Waals surface area contributed by atoms with Crippen molar-refractivity contribution >= 4 is 28.7 Å². The summed E-state index contributed by atoms with van der Waals surface area (Å²) < 4.78 is 13.8. The highest BCUT2D eigenvalue weighted by molar-refractivity contribution is 6.34. The molecule has 1 aliphatic rings. The summed E-state index contributed by atoms with van der Waals surface area (Å²) in [7, 11) is 0. The van der Waals surface area contributed by atoms with Crippen molar-refractivity contribution in [3.63, 3.8) is 0 Å². The lowest BCUT2D eigenvalue weighted by Crippen LogP contribution is -2.47. The second kappa shape index (κ2) is 5.82. The molecule has 110 valence electrons. The first-order valence-electron chi connectivity index (χ1n) is 6.95. The first kappa shape index (κ1) is 14.0. The Balaban J connectivity index is 1.75. The Kier molecular flexibility index (Phi) is 3.88. The van der Waals surface area contributed by atoms with Crippen molar-refractivity contribution in [3.05, 3.63) is 53.3 Å². The maximum absolute atomic E-state index is 13.8. The highest BCUT2D eigenvalue weighted by Gasteiger charge is 2.22. The van der Waals surface area contributed by atoms with E-state index >= 15 is 0 Å². The number of hydrogen-bond acceptors (Lipinski definition) is 3. The minimum Gasteiger partial charge on any atom is -0.397 e. The summed E-state index contributed by atoms with van der Waals surface area (Å²) in [5.41, 5.74) is 8.24. The van der Waals surface area contributed by atoms with Gasteiger partial charge in [-0.2, -0.15) is 0 Å². The normalized spacial score (nSPS) is 15.3. The van der Waals surface area contributed by atoms with E-state index < -0.39 is 0 Å². The van der Waals surface area contributed by atoms with E-state index in [1.807, 2.05) is 30.3 Å². The van der Waals surface area contributed by atoms with Crippen molar-refractivity contribution in [1.82, 2.24) is 0 Å². The Morgan fingerprint density at radius 1 is 0.905 bits per heavy atom. The smallest absolute Gasteiger partial charge is 0.146 e. The summed E-state index contributed by atoms with van der Waals surface area (Å²) in [6, 6.07) is 12.4. The molecular formula is C16H17ClFN3. The molecule has 2 aromatic rings. The average molecular weight is 306 g/mol. The number of nitrogen functional groups attached to an aromatic ring is 1. The van der Waals surface area contributed by atoms with Crippen molar-refractivity contribution in [2.75, 3.05) is 41.7 Å². The lowest BCUT2D eigenvalue weighted by molar-refractivity contribution is 0.598. The largest absolute Gasteiger partial charge is 0.397 e. The molecule has 1 saturated heterocycles. The van der Waals surface area contributed by atoms with Crippen molar-refractivity contribution in [3.8, 4) is 0 Å². The second-order valence-corrected chi connectivity index (χ2v) is 5.51. The van der Waals surface area contributed by atoms with Gasteiger partial charge in [-0.05, 0) is 24.3 Å².